The molecule has 3 aromatic rings. The van der Waals surface area contributed by atoms with Gasteiger partial charge >= 0.3 is 0 Å². The molecular weight excluding hydrogens is 408 g/mol. The summed E-state index contributed by atoms with van der Waals surface area (Å²) >= 11 is 0. The summed E-state index contributed by atoms with van der Waals surface area (Å²) in [6.45, 7) is 13.5. The van der Waals surface area contributed by atoms with Gasteiger partial charge in [0, 0.05) is 0 Å². The van der Waals surface area contributed by atoms with Crippen molar-refractivity contribution < 1.29 is 0 Å². The van der Waals surface area contributed by atoms with E-state index in [4.69, 9.17) is 0 Å². The van der Waals surface area contributed by atoms with Gasteiger partial charge in [-0.2, -0.15) is 0 Å². The molecule has 0 radical (unpaired) electrons. The van der Waals surface area contributed by atoms with E-state index in [-0.39, 0.29) is 0 Å². The van der Waals surface area contributed by atoms with Crippen LogP contribution in [0.4, 0.5) is 0 Å². The minimum absolute atomic E-state index is 0.945. The molecule has 0 aromatic heterocycles. The van der Waals surface area contributed by atoms with E-state index in [1.54, 1.807) is 0 Å². The Labute approximate surface area is 203 Å². The van der Waals surface area contributed by atoms with Gasteiger partial charge in [0.25, 0.3) is 0 Å². The average Bonchev–Trinajstić information content (AvgIpc) is 3.18. The van der Waals surface area contributed by atoms with Crippen LogP contribution >= 0.6 is 0 Å². The largest absolute Gasteiger partial charge is 0.0905 e. The SMILES string of the molecule is C=C(c1ccccc1C)c1cc2c(cc1C(=C)c1ccccc1C)C1=CC=CCC=CC=C2C1. The molecule has 0 heteroatoms. The van der Waals surface area contributed by atoms with E-state index in [2.05, 4.69) is 124 Å². The summed E-state index contributed by atoms with van der Waals surface area (Å²) in [5, 5.41) is 0. The van der Waals surface area contributed by atoms with Crippen LogP contribution in [-0.4, -0.2) is 0 Å². The summed E-state index contributed by atoms with van der Waals surface area (Å²) in [6, 6.07) is 21.7. The highest BCUT2D eigenvalue weighted by molar-refractivity contribution is 5.99. The van der Waals surface area contributed by atoms with E-state index in [0.29, 0.717) is 0 Å². The molecule has 2 aliphatic rings. The van der Waals surface area contributed by atoms with Crippen molar-refractivity contribution in [1.82, 2.24) is 0 Å². The minimum Gasteiger partial charge on any atom is -0.0905 e. The normalized spacial score (nSPS) is 14.3. The van der Waals surface area contributed by atoms with E-state index < -0.39 is 0 Å². The Morgan fingerprint density at radius 3 is 1.50 bits per heavy atom. The Balaban J connectivity index is 1.76. The van der Waals surface area contributed by atoms with Crippen molar-refractivity contribution in [3.63, 3.8) is 0 Å². The van der Waals surface area contributed by atoms with E-state index >= 15 is 0 Å². The maximum Gasteiger partial charge on any atom is -0.00135 e. The lowest BCUT2D eigenvalue weighted by Crippen LogP contribution is -2.00. The topological polar surface area (TPSA) is 0 Å². The number of hydrogen-bond donors (Lipinski definition) is 0. The van der Waals surface area contributed by atoms with Crippen molar-refractivity contribution in [2.75, 3.05) is 0 Å². The number of benzene rings is 3. The Morgan fingerprint density at radius 2 is 1.06 bits per heavy atom. The molecule has 0 aliphatic heterocycles. The molecule has 2 bridgehead atoms. The van der Waals surface area contributed by atoms with Gasteiger partial charge in [0.1, 0.15) is 0 Å². The first-order valence-corrected chi connectivity index (χ1v) is 12.0. The van der Waals surface area contributed by atoms with Crippen LogP contribution in [0.25, 0.3) is 22.3 Å². The second-order valence-corrected chi connectivity index (χ2v) is 9.18. The van der Waals surface area contributed by atoms with E-state index in [1.165, 1.54) is 44.5 Å². The van der Waals surface area contributed by atoms with Crippen LogP contribution in [0, 0.1) is 13.8 Å². The molecule has 34 heavy (non-hydrogen) atoms. The summed E-state index contributed by atoms with van der Waals surface area (Å²) in [4.78, 5) is 0. The predicted molar refractivity (Wildman–Crippen MR) is 149 cm³/mol. The first-order chi connectivity index (χ1) is 16.5. The van der Waals surface area contributed by atoms with Crippen LogP contribution in [0.1, 0.15) is 57.3 Å². The summed E-state index contributed by atoms with van der Waals surface area (Å²) in [6.07, 6.45) is 15.2. The Kier molecular flexibility index (Phi) is 5.90. The van der Waals surface area contributed by atoms with Crippen LogP contribution in [0.5, 0.6) is 0 Å². The lowest BCUT2D eigenvalue weighted by atomic mass is 9.84. The Bertz CT molecular complexity index is 1320. The monoisotopic (exact) mass is 438 g/mol. The van der Waals surface area contributed by atoms with Crippen LogP contribution < -0.4 is 0 Å². The summed E-state index contributed by atoms with van der Waals surface area (Å²) in [5.41, 5.74) is 14.6. The highest BCUT2D eigenvalue weighted by atomic mass is 14.3. The fourth-order valence-electron chi connectivity index (χ4n) is 5.04. The van der Waals surface area contributed by atoms with Gasteiger partial charge in [0.05, 0.1) is 0 Å². The molecule has 0 amide bonds. The molecule has 5 rings (SSSR count). The van der Waals surface area contributed by atoms with Crippen LogP contribution in [0.3, 0.4) is 0 Å². The highest BCUT2D eigenvalue weighted by Gasteiger charge is 2.25. The molecule has 0 saturated heterocycles. The van der Waals surface area contributed by atoms with Gasteiger partial charge < -0.3 is 0 Å². The molecule has 0 heterocycles. The number of allylic oxidation sites excluding steroid dienone is 8. The Morgan fingerprint density at radius 1 is 0.618 bits per heavy atom. The van der Waals surface area contributed by atoms with Crippen LogP contribution in [-0.2, 0) is 0 Å². The second-order valence-electron chi connectivity index (χ2n) is 9.18. The third-order valence-electron chi connectivity index (χ3n) is 6.96. The first-order valence-electron chi connectivity index (χ1n) is 12.0. The first kappa shape index (κ1) is 21.9. The molecule has 0 unspecified atom stereocenters. The highest BCUT2D eigenvalue weighted by Crippen LogP contribution is 2.45. The van der Waals surface area contributed by atoms with Gasteiger partial charge in [-0.1, -0.05) is 98.1 Å². The maximum atomic E-state index is 4.59. The number of fused-ring (bicyclic) bond motifs is 5. The molecule has 0 spiro atoms. The van der Waals surface area contributed by atoms with E-state index in [9.17, 15) is 0 Å². The fraction of sp³-hybridized carbons (Fsp3) is 0.118. The quantitative estimate of drug-likeness (QED) is 0.381. The van der Waals surface area contributed by atoms with Crippen molar-refractivity contribution >= 4 is 22.3 Å². The minimum atomic E-state index is 0.945. The Hall–Kier alpha value is -3.90. The maximum absolute atomic E-state index is 4.59. The molecule has 0 N–H and O–H groups in total. The van der Waals surface area contributed by atoms with Crippen LogP contribution in [0.15, 0.2) is 110 Å². The molecule has 0 nitrogen and oxygen atoms in total. The van der Waals surface area contributed by atoms with Crippen LogP contribution in [0.2, 0.25) is 0 Å². The smallest absolute Gasteiger partial charge is 0.00135 e. The molecule has 0 atom stereocenters. The van der Waals surface area contributed by atoms with Gasteiger partial charge in [-0.15, -0.1) is 0 Å². The van der Waals surface area contributed by atoms with Gasteiger partial charge in [-0.3, -0.25) is 0 Å². The fourth-order valence-corrected chi connectivity index (χ4v) is 5.04. The van der Waals surface area contributed by atoms with Crippen molar-refractivity contribution in [2.24, 2.45) is 0 Å². The standard InChI is InChI=1S/C34H30/c1-23-14-10-12-18-29(23)25(3)31-21-33-27-16-8-6-5-7-9-17-28(20-27)34(33)22-32(31)26(4)30-19-13-11-15-24(30)2/h6-19,21-22H,3-5,20H2,1-2H3. The molecule has 0 fully saturated rings. The summed E-state index contributed by atoms with van der Waals surface area (Å²) < 4.78 is 0. The molecule has 0 saturated carbocycles. The summed E-state index contributed by atoms with van der Waals surface area (Å²) in [7, 11) is 0. The zero-order valence-corrected chi connectivity index (χ0v) is 20.1. The van der Waals surface area contributed by atoms with Gasteiger partial charge in [-0.25, -0.2) is 0 Å². The van der Waals surface area contributed by atoms with Crippen molar-refractivity contribution in [3.8, 4) is 0 Å². The third-order valence-corrected chi connectivity index (χ3v) is 6.96. The van der Waals surface area contributed by atoms with E-state index in [0.717, 1.165) is 35.1 Å². The van der Waals surface area contributed by atoms with Gasteiger partial charge in [-0.05, 0) is 106 Å². The van der Waals surface area contributed by atoms with Crippen molar-refractivity contribution in [1.29, 1.82) is 0 Å². The number of hydrogen-bond acceptors (Lipinski definition) is 0. The molecule has 166 valence electrons. The molecule has 2 aliphatic carbocycles. The summed E-state index contributed by atoms with van der Waals surface area (Å²) in [5.74, 6) is 0. The lowest BCUT2D eigenvalue weighted by molar-refractivity contribution is 1.38. The molecule has 3 aromatic carbocycles. The van der Waals surface area contributed by atoms with Crippen molar-refractivity contribution in [2.45, 2.75) is 26.7 Å². The lowest BCUT2D eigenvalue weighted by Gasteiger charge is -2.19. The van der Waals surface area contributed by atoms with Crippen molar-refractivity contribution in [3.05, 3.63) is 155 Å². The molecular formula is C34H30. The second kappa shape index (κ2) is 9.15. The van der Waals surface area contributed by atoms with Gasteiger partial charge in [0.2, 0.25) is 0 Å². The third kappa shape index (κ3) is 3.97. The number of aryl methyl sites for hydroxylation is 2. The van der Waals surface area contributed by atoms with Gasteiger partial charge in [0.15, 0.2) is 0 Å². The zero-order chi connectivity index (χ0) is 23.7. The predicted octanol–water partition coefficient (Wildman–Crippen LogP) is 9.11. The average molecular weight is 439 g/mol. The number of rotatable bonds is 4. The van der Waals surface area contributed by atoms with E-state index in [1.807, 2.05) is 0 Å². The zero-order valence-electron chi connectivity index (χ0n) is 20.1.